The number of benzene rings is 3. The molecule has 0 aliphatic carbocycles. The number of hydrogen-bond donors (Lipinski definition) is 2. The molecule has 5 nitrogen and oxygen atoms in total. The molecular weight excluding hydrogens is 342 g/mol. The van der Waals surface area contributed by atoms with Crippen molar-refractivity contribution in [2.24, 2.45) is 0 Å². The number of anilines is 1. The van der Waals surface area contributed by atoms with E-state index < -0.39 is 5.97 Å². The van der Waals surface area contributed by atoms with Crippen LogP contribution in [0, 0.1) is 6.92 Å². The maximum absolute atomic E-state index is 12.7. The Morgan fingerprint density at radius 3 is 2.56 bits per heavy atom. The van der Waals surface area contributed by atoms with E-state index in [-0.39, 0.29) is 17.2 Å². The number of aromatic hydroxyl groups is 1. The highest BCUT2D eigenvalue weighted by Crippen LogP contribution is 2.33. The third kappa shape index (κ3) is 2.93. The van der Waals surface area contributed by atoms with Gasteiger partial charge in [-0.25, -0.2) is 4.79 Å². The van der Waals surface area contributed by atoms with Crippen molar-refractivity contribution >= 4 is 17.6 Å². The van der Waals surface area contributed by atoms with Gasteiger partial charge in [0.1, 0.15) is 5.75 Å². The van der Waals surface area contributed by atoms with Crippen LogP contribution in [0.15, 0.2) is 60.7 Å². The van der Waals surface area contributed by atoms with E-state index in [1.165, 1.54) is 0 Å². The lowest BCUT2D eigenvalue weighted by Gasteiger charge is -2.15. The number of amides is 1. The molecule has 0 spiro atoms. The third-order valence-corrected chi connectivity index (χ3v) is 4.85. The number of carboxylic acid groups (broad SMARTS) is 1. The van der Waals surface area contributed by atoms with E-state index in [9.17, 15) is 19.8 Å². The number of aryl methyl sites for hydroxylation is 1. The van der Waals surface area contributed by atoms with E-state index in [2.05, 4.69) is 0 Å². The fourth-order valence-corrected chi connectivity index (χ4v) is 3.42. The van der Waals surface area contributed by atoms with Gasteiger partial charge in [-0.05, 0) is 65.6 Å². The van der Waals surface area contributed by atoms with Crippen LogP contribution in [0.5, 0.6) is 5.75 Å². The largest absolute Gasteiger partial charge is 0.508 e. The van der Waals surface area contributed by atoms with Gasteiger partial charge in [0, 0.05) is 17.3 Å². The van der Waals surface area contributed by atoms with E-state index in [0.29, 0.717) is 17.8 Å². The highest BCUT2D eigenvalue weighted by atomic mass is 16.4. The first-order valence-electron chi connectivity index (χ1n) is 8.52. The van der Waals surface area contributed by atoms with Crippen LogP contribution < -0.4 is 4.90 Å². The Morgan fingerprint density at radius 1 is 1.00 bits per heavy atom. The molecule has 1 aliphatic heterocycles. The average Bonchev–Trinajstić information content (AvgIpc) is 2.98. The average molecular weight is 359 g/mol. The molecule has 0 bridgehead atoms. The van der Waals surface area contributed by atoms with Gasteiger partial charge in [0.2, 0.25) is 0 Å². The Hall–Kier alpha value is -3.60. The van der Waals surface area contributed by atoms with Crippen LogP contribution in [0.25, 0.3) is 11.1 Å². The fraction of sp³-hybridized carbons (Fsp3) is 0.0909. The molecule has 27 heavy (non-hydrogen) atoms. The van der Waals surface area contributed by atoms with Gasteiger partial charge in [-0.1, -0.05) is 18.2 Å². The molecule has 1 aliphatic rings. The molecule has 3 aromatic rings. The quantitative estimate of drug-likeness (QED) is 0.734. The number of aromatic carboxylic acids is 1. The van der Waals surface area contributed by atoms with Gasteiger partial charge in [0.25, 0.3) is 5.91 Å². The first-order valence-corrected chi connectivity index (χ1v) is 8.52. The standard InChI is InChI=1S/C22H17NO4/c1-13-5-6-15(22(26)27)10-20(13)14-7-8-19-16(9-14)12-23(21(19)25)17-3-2-4-18(24)11-17/h2-11,24H,12H2,1H3,(H,26,27). The summed E-state index contributed by atoms with van der Waals surface area (Å²) in [6.45, 7) is 2.33. The molecule has 0 saturated heterocycles. The zero-order valence-electron chi connectivity index (χ0n) is 14.6. The second kappa shape index (κ2) is 6.29. The number of carbonyl (C=O) groups excluding carboxylic acids is 1. The maximum Gasteiger partial charge on any atom is 0.335 e. The molecule has 0 atom stereocenters. The summed E-state index contributed by atoms with van der Waals surface area (Å²) in [5.74, 6) is -0.973. The van der Waals surface area contributed by atoms with Gasteiger partial charge in [0.15, 0.2) is 0 Å². The van der Waals surface area contributed by atoms with Crippen LogP contribution in [0.4, 0.5) is 5.69 Å². The Bertz CT molecular complexity index is 1090. The van der Waals surface area contributed by atoms with Crippen molar-refractivity contribution in [2.75, 3.05) is 4.90 Å². The summed E-state index contributed by atoms with van der Waals surface area (Å²) in [6.07, 6.45) is 0. The van der Waals surface area contributed by atoms with Crippen LogP contribution in [-0.4, -0.2) is 22.1 Å². The van der Waals surface area contributed by atoms with Crippen LogP contribution in [0.1, 0.15) is 31.8 Å². The van der Waals surface area contributed by atoms with E-state index >= 15 is 0 Å². The lowest BCUT2D eigenvalue weighted by Crippen LogP contribution is -2.22. The molecule has 0 unspecified atom stereocenters. The smallest absolute Gasteiger partial charge is 0.335 e. The molecular formula is C22H17NO4. The molecule has 2 N–H and O–H groups in total. The molecule has 5 heteroatoms. The molecule has 3 aromatic carbocycles. The maximum atomic E-state index is 12.7. The number of fused-ring (bicyclic) bond motifs is 1. The summed E-state index contributed by atoms with van der Waals surface area (Å²) in [4.78, 5) is 25.6. The minimum atomic E-state index is -0.970. The Morgan fingerprint density at radius 2 is 1.81 bits per heavy atom. The molecule has 0 saturated carbocycles. The third-order valence-electron chi connectivity index (χ3n) is 4.85. The van der Waals surface area contributed by atoms with Crippen molar-refractivity contribution in [2.45, 2.75) is 13.5 Å². The molecule has 0 aromatic heterocycles. The number of phenolic OH excluding ortho intramolecular Hbond substituents is 1. The fourth-order valence-electron chi connectivity index (χ4n) is 3.42. The van der Waals surface area contributed by atoms with Crippen molar-refractivity contribution in [3.05, 3.63) is 82.9 Å². The van der Waals surface area contributed by atoms with E-state index in [4.69, 9.17) is 0 Å². The van der Waals surface area contributed by atoms with Crippen LogP contribution >= 0.6 is 0 Å². The molecule has 134 valence electrons. The highest BCUT2D eigenvalue weighted by molar-refractivity contribution is 6.10. The van der Waals surface area contributed by atoms with Gasteiger partial charge < -0.3 is 15.1 Å². The number of nitrogens with zero attached hydrogens (tertiary/aromatic N) is 1. The Labute approximate surface area is 156 Å². The lowest BCUT2D eigenvalue weighted by atomic mass is 9.95. The minimum absolute atomic E-state index is 0.109. The van der Waals surface area contributed by atoms with E-state index in [0.717, 1.165) is 22.3 Å². The van der Waals surface area contributed by atoms with Crippen LogP contribution in [0.3, 0.4) is 0 Å². The Kier molecular flexibility index (Phi) is 3.92. The zero-order chi connectivity index (χ0) is 19.1. The molecule has 0 radical (unpaired) electrons. The number of rotatable bonds is 3. The Balaban J connectivity index is 1.73. The van der Waals surface area contributed by atoms with Crippen molar-refractivity contribution in [1.82, 2.24) is 0 Å². The monoisotopic (exact) mass is 359 g/mol. The topological polar surface area (TPSA) is 77.8 Å². The van der Waals surface area contributed by atoms with Crippen LogP contribution in [-0.2, 0) is 6.54 Å². The summed E-state index contributed by atoms with van der Waals surface area (Å²) in [6, 6.07) is 17.2. The summed E-state index contributed by atoms with van der Waals surface area (Å²) in [7, 11) is 0. The number of carbonyl (C=O) groups is 2. The van der Waals surface area contributed by atoms with E-state index in [1.807, 2.05) is 19.1 Å². The first kappa shape index (κ1) is 16.8. The number of phenols is 1. The lowest BCUT2D eigenvalue weighted by molar-refractivity contribution is 0.0696. The minimum Gasteiger partial charge on any atom is -0.508 e. The molecule has 0 fully saturated rings. The highest BCUT2D eigenvalue weighted by Gasteiger charge is 2.29. The second-order valence-corrected chi connectivity index (χ2v) is 6.62. The normalized spacial score (nSPS) is 12.9. The van der Waals surface area contributed by atoms with Gasteiger partial charge in [-0.3, -0.25) is 4.79 Å². The van der Waals surface area contributed by atoms with E-state index in [1.54, 1.807) is 53.4 Å². The molecule has 4 rings (SSSR count). The predicted octanol–water partition coefficient (Wildman–Crippen LogP) is 4.23. The van der Waals surface area contributed by atoms with Gasteiger partial charge in [0.05, 0.1) is 12.1 Å². The zero-order valence-corrected chi connectivity index (χ0v) is 14.6. The number of hydrogen-bond acceptors (Lipinski definition) is 3. The number of carboxylic acids is 1. The SMILES string of the molecule is Cc1ccc(C(=O)O)cc1-c1ccc2c(c1)CN(c1cccc(O)c1)C2=O. The van der Waals surface area contributed by atoms with Gasteiger partial charge >= 0.3 is 5.97 Å². The van der Waals surface area contributed by atoms with Crippen molar-refractivity contribution in [3.8, 4) is 16.9 Å². The second-order valence-electron chi connectivity index (χ2n) is 6.62. The first-order chi connectivity index (χ1) is 12.9. The summed E-state index contributed by atoms with van der Waals surface area (Å²) in [5.41, 5.74) is 5.04. The summed E-state index contributed by atoms with van der Waals surface area (Å²) in [5, 5.41) is 18.9. The predicted molar refractivity (Wildman–Crippen MR) is 102 cm³/mol. The van der Waals surface area contributed by atoms with Crippen molar-refractivity contribution in [3.63, 3.8) is 0 Å². The van der Waals surface area contributed by atoms with Crippen LogP contribution in [0.2, 0.25) is 0 Å². The van der Waals surface area contributed by atoms with Gasteiger partial charge in [-0.2, -0.15) is 0 Å². The van der Waals surface area contributed by atoms with Crippen molar-refractivity contribution in [1.29, 1.82) is 0 Å². The summed E-state index contributed by atoms with van der Waals surface area (Å²) < 4.78 is 0. The summed E-state index contributed by atoms with van der Waals surface area (Å²) >= 11 is 0. The molecule has 1 amide bonds. The van der Waals surface area contributed by atoms with Gasteiger partial charge in [-0.15, -0.1) is 0 Å². The molecule has 1 heterocycles. The van der Waals surface area contributed by atoms with Crippen molar-refractivity contribution < 1.29 is 19.8 Å².